The van der Waals surface area contributed by atoms with Gasteiger partial charge in [-0.25, -0.2) is 0 Å². The van der Waals surface area contributed by atoms with Gasteiger partial charge in [-0.05, 0) is 59.7 Å². The Morgan fingerprint density at radius 1 is 1.09 bits per heavy atom. The van der Waals surface area contributed by atoms with Crippen LogP contribution in [0.3, 0.4) is 0 Å². The smallest absolute Gasteiger partial charge is 0.0674 e. The average molecular weight is 330 g/mol. The second-order valence-electron chi connectivity index (χ2n) is 6.29. The Morgan fingerprint density at radius 3 is 2.50 bits per heavy atom. The Hall–Kier alpha value is -0.310. The first-order valence-electron chi connectivity index (χ1n) is 8.72. The maximum absolute atomic E-state index is 6.02. The fourth-order valence-electron chi connectivity index (χ4n) is 2.20. The Kier molecular flexibility index (Phi) is 15.4. The molecule has 0 atom stereocenters. The van der Waals surface area contributed by atoms with Gasteiger partial charge in [0.25, 0.3) is 0 Å². The molecule has 3 heteroatoms. The Morgan fingerprint density at radius 2 is 1.86 bits per heavy atom. The number of unbranched alkanes of at least 4 members (excludes halogenated alkanes) is 3. The molecule has 0 saturated carbocycles. The van der Waals surface area contributed by atoms with Crippen molar-refractivity contribution in [3.05, 3.63) is 23.3 Å². The SMILES string of the molecule is CCCCC/C=C(/CCl)CC/C=C(/C)COCCCN(C)C. The molecule has 0 rings (SSSR count). The number of alkyl halides is 1. The van der Waals surface area contributed by atoms with E-state index in [1.165, 1.54) is 36.8 Å². The van der Waals surface area contributed by atoms with Crippen LogP contribution in [0.4, 0.5) is 0 Å². The maximum Gasteiger partial charge on any atom is 0.0674 e. The third kappa shape index (κ3) is 14.6. The molecule has 0 spiro atoms. The van der Waals surface area contributed by atoms with Crippen LogP contribution < -0.4 is 0 Å². The van der Waals surface area contributed by atoms with Crippen LogP contribution in [0, 0.1) is 0 Å². The van der Waals surface area contributed by atoms with E-state index >= 15 is 0 Å². The fourth-order valence-corrected chi connectivity index (χ4v) is 2.45. The maximum atomic E-state index is 6.02. The quantitative estimate of drug-likeness (QED) is 0.239. The zero-order valence-corrected chi connectivity index (χ0v) is 15.9. The van der Waals surface area contributed by atoms with Gasteiger partial charge < -0.3 is 9.64 Å². The van der Waals surface area contributed by atoms with Crippen molar-refractivity contribution in [3.8, 4) is 0 Å². The molecule has 130 valence electrons. The van der Waals surface area contributed by atoms with Gasteiger partial charge in [0.15, 0.2) is 0 Å². The molecule has 0 bridgehead atoms. The van der Waals surface area contributed by atoms with E-state index < -0.39 is 0 Å². The summed E-state index contributed by atoms with van der Waals surface area (Å²) in [5.74, 6) is 0.667. The molecule has 0 aromatic heterocycles. The first-order chi connectivity index (χ1) is 10.6. The van der Waals surface area contributed by atoms with Crippen molar-refractivity contribution in [2.24, 2.45) is 0 Å². The molecule has 0 N–H and O–H groups in total. The van der Waals surface area contributed by atoms with Crippen molar-refractivity contribution in [3.63, 3.8) is 0 Å². The number of hydrogen-bond donors (Lipinski definition) is 0. The van der Waals surface area contributed by atoms with Crippen molar-refractivity contribution in [1.82, 2.24) is 4.90 Å². The van der Waals surface area contributed by atoms with Crippen LogP contribution in [0.15, 0.2) is 23.3 Å². The van der Waals surface area contributed by atoms with Crippen molar-refractivity contribution < 1.29 is 4.74 Å². The van der Waals surface area contributed by atoms with Gasteiger partial charge in [0.05, 0.1) is 6.61 Å². The number of ether oxygens (including phenoxy) is 1. The second kappa shape index (κ2) is 15.6. The summed E-state index contributed by atoms with van der Waals surface area (Å²) in [7, 11) is 4.19. The predicted molar refractivity (Wildman–Crippen MR) is 99.9 cm³/mol. The van der Waals surface area contributed by atoms with Gasteiger partial charge in [-0.1, -0.05) is 43.1 Å². The summed E-state index contributed by atoms with van der Waals surface area (Å²) in [5, 5.41) is 0. The molecule has 0 heterocycles. The Bertz CT molecular complexity index is 311. The van der Waals surface area contributed by atoms with Gasteiger partial charge in [0.1, 0.15) is 0 Å². The Labute approximate surface area is 143 Å². The minimum atomic E-state index is 0.667. The lowest BCUT2D eigenvalue weighted by atomic mass is 10.1. The van der Waals surface area contributed by atoms with E-state index in [0.29, 0.717) is 5.88 Å². The minimum absolute atomic E-state index is 0.667. The molecule has 22 heavy (non-hydrogen) atoms. The van der Waals surface area contributed by atoms with Crippen LogP contribution in [0.5, 0.6) is 0 Å². The van der Waals surface area contributed by atoms with E-state index in [-0.39, 0.29) is 0 Å². The molecule has 0 aliphatic carbocycles. The topological polar surface area (TPSA) is 12.5 Å². The summed E-state index contributed by atoms with van der Waals surface area (Å²) in [6.07, 6.45) is 12.9. The van der Waals surface area contributed by atoms with Gasteiger partial charge in [0, 0.05) is 12.5 Å². The van der Waals surface area contributed by atoms with Crippen molar-refractivity contribution in [2.75, 3.05) is 39.7 Å². The van der Waals surface area contributed by atoms with Crippen LogP contribution >= 0.6 is 11.6 Å². The van der Waals surface area contributed by atoms with Crippen molar-refractivity contribution in [1.29, 1.82) is 0 Å². The van der Waals surface area contributed by atoms with Gasteiger partial charge in [-0.15, -0.1) is 11.6 Å². The molecule has 2 nitrogen and oxygen atoms in total. The highest BCUT2D eigenvalue weighted by Gasteiger charge is 1.97. The molecule has 0 aromatic carbocycles. The van der Waals surface area contributed by atoms with E-state index in [1.807, 2.05) is 0 Å². The zero-order valence-electron chi connectivity index (χ0n) is 15.2. The molecule has 0 saturated heterocycles. The molecule has 0 aromatic rings. The predicted octanol–water partition coefficient (Wildman–Crippen LogP) is 5.43. The first-order valence-corrected chi connectivity index (χ1v) is 9.25. The third-order valence-electron chi connectivity index (χ3n) is 3.59. The molecular weight excluding hydrogens is 294 g/mol. The lowest BCUT2D eigenvalue weighted by molar-refractivity contribution is 0.146. The van der Waals surface area contributed by atoms with E-state index in [1.54, 1.807) is 0 Å². The van der Waals surface area contributed by atoms with E-state index in [4.69, 9.17) is 16.3 Å². The molecule has 0 unspecified atom stereocenters. The van der Waals surface area contributed by atoms with Crippen LogP contribution in [0.2, 0.25) is 0 Å². The van der Waals surface area contributed by atoms with Crippen LogP contribution in [-0.2, 0) is 4.74 Å². The number of rotatable bonds is 14. The van der Waals surface area contributed by atoms with E-state index in [2.05, 4.69) is 45.0 Å². The summed E-state index contributed by atoms with van der Waals surface area (Å²) in [4.78, 5) is 2.19. The lowest BCUT2D eigenvalue weighted by Crippen LogP contribution is -2.15. The summed E-state index contributed by atoms with van der Waals surface area (Å²) >= 11 is 6.02. The van der Waals surface area contributed by atoms with Crippen molar-refractivity contribution >= 4 is 11.6 Å². The van der Waals surface area contributed by atoms with Crippen LogP contribution in [0.25, 0.3) is 0 Å². The average Bonchev–Trinajstić information content (AvgIpc) is 2.49. The molecule has 0 radical (unpaired) electrons. The van der Waals surface area contributed by atoms with Gasteiger partial charge in [0.2, 0.25) is 0 Å². The highest BCUT2D eigenvalue weighted by molar-refractivity contribution is 6.19. The number of halogens is 1. The molecule has 0 aliphatic heterocycles. The zero-order chi connectivity index (χ0) is 16.6. The number of allylic oxidation sites excluding steroid dienone is 3. The molecular formula is C19H36ClNO. The largest absolute Gasteiger partial charge is 0.377 e. The fraction of sp³-hybridized carbons (Fsp3) is 0.789. The third-order valence-corrected chi connectivity index (χ3v) is 3.94. The van der Waals surface area contributed by atoms with Gasteiger partial charge in [-0.3, -0.25) is 0 Å². The van der Waals surface area contributed by atoms with E-state index in [0.717, 1.165) is 39.0 Å². The van der Waals surface area contributed by atoms with E-state index in [9.17, 15) is 0 Å². The van der Waals surface area contributed by atoms with Gasteiger partial charge in [-0.2, -0.15) is 0 Å². The minimum Gasteiger partial charge on any atom is -0.377 e. The highest BCUT2D eigenvalue weighted by atomic mass is 35.5. The standard InChI is InChI=1S/C19H36ClNO/c1-5-6-7-8-12-19(16-20)13-9-11-18(2)17-22-15-10-14-21(3)4/h11-12H,5-10,13-17H2,1-4H3/b18-11-,19-12+. The summed E-state index contributed by atoms with van der Waals surface area (Å²) in [6, 6.07) is 0. The first kappa shape index (κ1) is 21.7. The Balaban J connectivity index is 3.78. The summed E-state index contributed by atoms with van der Waals surface area (Å²) in [5.41, 5.74) is 2.71. The van der Waals surface area contributed by atoms with Crippen LogP contribution in [-0.4, -0.2) is 44.6 Å². The summed E-state index contributed by atoms with van der Waals surface area (Å²) in [6.45, 7) is 7.07. The second-order valence-corrected chi connectivity index (χ2v) is 6.56. The molecule has 0 fully saturated rings. The number of hydrogen-bond acceptors (Lipinski definition) is 2. The van der Waals surface area contributed by atoms with Gasteiger partial charge >= 0.3 is 0 Å². The normalized spacial score (nSPS) is 13.2. The van der Waals surface area contributed by atoms with Crippen molar-refractivity contribution in [2.45, 2.75) is 58.8 Å². The molecule has 0 aliphatic rings. The monoisotopic (exact) mass is 329 g/mol. The lowest BCUT2D eigenvalue weighted by Gasteiger charge is -2.09. The summed E-state index contributed by atoms with van der Waals surface area (Å²) < 4.78 is 5.69. The molecule has 0 amide bonds. The van der Waals surface area contributed by atoms with Crippen LogP contribution in [0.1, 0.15) is 58.8 Å². The highest BCUT2D eigenvalue weighted by Crippen LogP contribution is 2.12. The number of nitrogens with zero attached hydrogens (tertiary/aromatic N) is 1.